The maximum Gasteiger partial charge on any atom is 0.417 e. The van der Waals surface area contributed by atoms with Crippen molar-refractivity contribution in [1.29, 1.82) is 0 Å². The van der Waals surface area contributed by atoms with E-state index in [1.807, 2.05) is 6.26 Å². The van der Waals surface area contributed by atoms with Crippen LogP contribution in [0.4, 0.5) is 19.0 Å². The summed E-state index contributed by atoms with van der Waals surface area (Å²) in [6.45, 7) is 2.98. The van der Waals surface area contributed by atoms with Crippen molar-refractivity contribution in [3.63, 3.8) is 0 Å². The average Bonchev–Trinajstić information content (AvgIpc) is 3.21. The van der Waals surface area contributed by atoms with E-state index < -0.39 is 23.2 Å². The highest BCUT2D eigenvalue weighted by atomic mass is 32.2. The van der Waals surface area contributed by atoms with Crippen LogP contribution in [0.25, 0.3) is 11.0 Å². The van der Waals surface area contributed by atoms with Gasteiger partial charge in [-0.05, 0) is 18.4 Å². The topological polar surface area (TPSA) is 85.2 Å². The Hall–Kier alpha value is -2.86. The number of thioether (sulfide) groups is 1. The van der Waals surface area contributed by atoms with Crippen molar-refractivity contribution in [3.05, 3.63) is 41.6 Å². The fourth-order valence-electron chi connectivity index (χ4n) is 3.49. The number of nitrogens with zero attached hydrogens (tertiary/aromatic N) is 5. The van der Waals surface area contributed by atoms with Gasteiger partial charge in [0.15, 0.2) is 10.8 Å². The molecule has 0 saturated carbocycles. The molecule has 0 unspecified atom stereocenters. The Labute approximate surface area is 186 Å². The number of carbonyl (C=O) groups is 1. The van der Waals surface area contributed by atoms with Crippen LogP contribution in [0.15, 0.2) is 35.6 Å². The number of morpholine rings is 1. The van der Waals surface area contributed by atoms with E-state index in [1.54, 1.807) is 10.9 Å². The fourth-order valence-corrected chi connectivity index (χ4v) is 3.85. The molecule has 1 aliphatic heterocycles. The Kier molecular flexibility index (Phi) is 6.51. The van der Waals surface area contributed by atoms with Crippen molar-refractivity contribution in [1.82, 2.24) is 25.1 Å². The fraction of sp³-hybridized carbons (Fsp3) is 0.400. The van der Waals surface area contributed by atoms with Gasteiger partial charge in [-0.25, -0.2) is 14.6 Å². The Morgan fingerprint density at radius 3 is 2.69 bits per heavy atom. The van der Waals surface area contributed by atoms with E-state index in [0.717, 1.165) is 23.3 Å². The molecular formula is C20H21F3N6O2S. The molecule has 1 aromatic carbocycles. The molecule has 1 saturated heterocycles. The first-order chi connectivity index (χ1) is 15.4. The summed E-state index contributed by atoms with van der Waals surface area (Å²) in [4.78, 5) is 23.7. The van der Waals surface area contributed by atoms with Crippen molar-refractivity contribution < 1.29 is 22.7 Å². The maximum absolute atomic E-state index is 13.2. The second-order valence-corrected chi connectivity index (χ2v) is 7.81. The molecule has 4 rings (SSSR count). The Balaban J connectivity index is 1.51. The predicted octanol–water partition coefficient (Wildman–Crippen LogP) is 2.83. The van der Waals surface area contributed by atoms with E-state index in [0.29, 0.717) is 37.1 Å². The minimum atomic E-state index is -4.60. The van der Waals surface area contributed by atoms with Crippen LogP contribution in [-0.4, -0.2) is 64.8 Å². The number of alkyl halides is 3. The number of anilines is 1. The average molecular weight is 466 g/mol. The van der Waals surface area contributed by atoms with E-state index in [9.17, 15) is 18.0 Å². The van der Waals surface area contributed by atoms with Crippen molar-refractivity contribution in [2.75, 3.05) is 44.0 Å². The first kappa shape index (κ1) is 22.3. The highest BCUT2D eigenvalue weighted by Gasteiger charge is 2.34. The van der Waals surface area contributed by atoms with Gasteiger partial charge in [0.25, 0.3) is 5.91 Å². The highest BCUT2D eigenvalue weighted by molar-refractivity contribution is 7.98. The van der Waals surface area contributed by atoms with Crippen molar-refractivity contribution in [2.24, 2.45) is 0 Å². The van der Waals surface area contributed by atoms with Gasteiger partial charge >= 0.3 is 6.18 Å². The third-order valence-corrected chi connectivity index (χ3v) is 5.58. The van der Waals surface area contributed by atoms with Gasteiger partial charge in [0.2, 0.25) is 0 Å². The van der Waals surface area contributed by atoms with E-state index in [1.165, 1.54) is 23.9 Å². The second kappa shape index (κ2) is 9.33. The smallest absolute Gasteiger partial charge is 0.378 e. The lowest BCUT2D eigenvalue weighted by Crippen LogP contribution is -2.37. The predicted molar refractivity (Wildman–Crippen MR) is 114 cm³/mol. The summed E-state index contributed by atoms with van der Waals surface area (Å²) < 4.78 is 46.5. The molecule has 0 spiro atoms. The molecule has 8 nitrogen and oxygen atoms in total. The van der Waals surface area contributed by atoms with Crippen LogP contribution in [0, 0.1) is 0 Å². The molecule has 1 amide bonds. The molecular weight excluding hydrogens is 445 g/mol. The quantitative estimate of drug-likeness (QED) is 0.442. The first-order valence-electron chi connectivity index (χ1n) is 9.93. The van der Waals surface area contributed by atoms with E-state index in [4.69, 9.17) is 4.74 Å². The van der Waals surface area contributed by atoms with Crippen LogP contribution in [0.5, 0.6) is 0 Å². The van der Waals surface area contributed by atoms with Gasteiger partial charge in [0.05, 0.1) is 42.5 Å². The van der Waals surface area contributed by atoms with Gasteiger partial charge in [-0.1, -0.05) is 23.9 Å². The first-order valence-corrected chi connectivity index (χ1v) is 11.2. The Morgan fingerprint density at radius 1 is 1.22 bits per heavy atom. The highest BCUT2D eigenvalue weighted by Crippen LogP contribution is 2.32. The normalized spacial score (nSPS) is 14.7. The standard InChI is InChI=1S/C20H21F3N6O2S/c1-32-19-26-16(28-8-10-31-11-9-28)14-12-25-29(17(14)27-19)7-6-24-18(30)13-4-2-3-5-15(13)20(21,22)23/h2-5,12H,6-11H2,1H3,(H,24,30). The summed E-state index contributed by atoms with van der Waals surface area (Å²) in [5.74, 6) is -0.0140. The zero-order valence-electron chi connectivity index (χ0n) is 17.2. The summed E-state index contributed by atoms with van der Waals surface area (Å²) >= 11 is 1.41. The summed E-state index contributed by atoms with van der Waals surface area (Å²) in [6.07, 6.45) is -1.05. The zero-order chi connectivity index (χ0) is 22.7. The number of nitrogens with one attached hydrogen (secondary N) is 1. The Bertz CT molecular complexity index is 1110. The van der Waals surface area contributed by atoms with Crippen molar-refractivity contribution in [3.8, 4) is 0 Å². The van der Waals surface area contributed by atoms with E-state index >= 15 is 0 Å². The number of benzene rings is 1. The summed E-state index contributed by atoms with van der Waals surface area (Å²) in [5.41, 5.74) is -0.766. The largest absolute Gasteiger partial charge is 0.417 e. The SMILES string of the molecule is CSc1nc(N2CCOCC2)c2cnn(CCNC(=O)c3ccccc3C(F)(F)F)c2n1. The van der Waals surface area contributed by atoms with Crippen LogP contribution in [-0.2, 0) is 17.5 Å². The molecule has 2 aromatic heterocycles. The lowest BCUT2D eigenvalue weighted by Gasteiger charge is -2.28. The molecule has 3 heterocycles. The number of carbonyl (C=O) groups excluding carboxylic acids is 1. The van der Waals surface area contributed by atoms with Gasteiger partial charge in [-0.3, -0.25) is 4.79 Å². The number of ether oxygens (including phenoxy) is 1. The number of fused-ring (bicyclic) bond motifs is 1. The van der Waals surface area contributed by atoms with Gasteiger partial charge in [-0.2, -0.15) is 18.3 Å². The van der Waals surface area contributed by atoms with Gasteiger partial charge < -0.3 is 15.0 Å². The van der Waals surface area contributed by atoms with Crippen LogP contribution in [0.2, 0.25) is 0 Å². The number of hydrogen-bond donors (Lipinski definition) is 1. The van der Waals surface area contributed by atoms with Crippen molar-refractivity contribution in [2.45, 2.75) is 17.9 Å². The summed E-state index contributed by atoms with van der Waals surface area (Å²) in [6, 6.07) is 4.71. The number of rotatable bonds is 6. The van der Waals surface area contributed by atoms with Crippen LogP contribution >= 0.6 is 11.8 Å². The zero-order valence-corrected chi connectivity index (χ0v) is 18.0. The van der Waals surface area contributed by atoms with E-state index in [2.05, 4.69) is 25.3 Å². The van der Waals surface area contributed by atoms with E-state index in [-0.39, 0.29) is 13.1 Å². The number of halogens is 3. The third kappa shape index (κ3) is 4.65. The second-order valence-electron chi connectivity index (χ2n) is 7.04. The maximum atomic E-state index is 13.2. The molecule has 170 valence electrons. The molecule has 0 bridgehead atoms. The van der Waals surface area contributed by atoms with Gasteiger partial charge in [0.1, 0.15) is 5.82 Å². The minimum absolute atomic E-state index is 0.0906. The molecule has 3 aromatic rings. The molecule has 1 fully saturated rings. The van der Waals surface area contributed by atoms with Crippen LogP contribution in [0.3, 0.4) is 0 Å². The molecule has 0 radical (unpaired) electrons. The Morgan fingerprint density at radius 2 is 1.97 bits per heavy atom. The van der Waals surface area contributed by atoms with Crippen LogP contribution < -0.4 is 10.2 Å². The number of hydrogen-bond acceptors (Lipinski definition) is 7. The van der Waals surface area contributed by atoms with Gasteiger partial charge in [0, 0.05) is 19.6 Å². The van der Waals surface area contributed by atoms with Crippen LogP contribution in [0.1, 0.15) is 15.9 Å². The summed E-state index contributed by atoms with van der Waals surface area (Å²) in [7, 11) is 0. The molecule has 1 N–H and O–H groups in total. The van der Waals surface area contributed by atoms with Gasteiger partial charge in [-0.15, -0.1) is 0 Å². The number of aromatic nitrogens is 4. The monoisotopic (exact) mass is 466 g/mol. The van der Waals surface area contributed by atoms with Crippen molar-refractivity contribution >= 4 is 34.5 Å². The number of amides is 1. The lowest BCUT2D eigenvalue weighted by atomic mass is 10.1. The molecule has 0 atom stereocenters. The molecule has 12 heteroatoms. The molecule has 1 aliphatic rings. The molecule has 0 aliphatic carbocycles. The minimum Gasteiger partial charge on any atom is -0.378 e. The summed E-state index contributed by atoms with van der Waals surface area (Å²) in [5, 5.41) is 8.28. The lowest BCUT2D eigenvalue weighted by molar-refractivity contribution is -0.137. The molecule has 32 heavy (non-hydrogen) atoms. The third-order valence-electron chi connectivity index (χ3n) is 5.04.